The minimum atomic E-state index is 0.416. The Labute approximate surface area is 83.9 Å². The zero-order valence-electron chi connectivity index (χ0n) is 8.60. The van der Waals surface area contributed by atoms with Gasteiger partial charge in [0.1, 0.15) is 5.82 Å². The molecule has 1 aromatic rings. The van der Waals surface area contributed by atoms with Crippen LogP contribution in [0.4, 0.5) is 5.82 Å². The largest absolute Gasteiger partial charge is 0.383 e. The molecule has 5 nitrogen and oxygen atoms in total. The van der Waals surface area contributed by atoms with Gasteiger partial charge in [-0.3, -0.25) is 4.98 Å². The number of ether oxygens (including phenoxy) is 1. The minimum Gasteiger partial charge on any atom is -0.383 e. The fourth-order valence-corrected chi connectivity index (χ4v) is 1.02. The molecule has 0 unspecified atom stereocenters. The summed E-state index contributed by atoms with van der Waals surface area (Å²) in [6, 6.07) is 0. The van der Waals surface area contributed by atoms with E-state index in [0.717, 1.165) is 18.1 Å². The lowest BCUT2D eigenvalue weighted by Crippen LogP contribution is -2.23. The lowest BCUT2D eigenvalue weighted by molar-refractivity contribution is 0.206. The fourth-order valence-electron chi connectivity index (χ4n) is 1.02. The fraction of sp³-hybridized carbons (Fsp3) is 0.556. The van der Waals surface area contributed by atoms with Crippen molar-refractivity contribution in [3.05, 3.63) is 18.1 Å². The maximum absolute atomic E-state index is 5.47. The Hall–Kier alpha value is -1.20. The number of hydrogen-bond donors (Lipinski definition) is 1. The van der Waals surface area contributed by atoms with E-state index in [2.05, 4.69) is 9.97 Å². The highest BCUT2D eigenvalue weighted by Gasteiger charge is 2.02. The van der Waals surface area contributed by atoms with E-state index < -0.39 is 0 Å². The summed E-state index contributed by atoms with van der Waals surface area (Å²) in [4.78, 5) is 10.4. The lowest BCUT2D eigenvalue weighted by Gasteiger charge is -2.17. The van der Waals surface area contributed by atoms with Crippen molar-refractivity contribution in [1.82, 2.24) is 9.97 Å². The predicted molar refractivity (Wildman–Crippen MR) is 55.1 cm³/mol. The Morgan fingerprint density at radius 1 is 1.50 bits per heavy atom. The Kier molecular flexibility index (Phi) is 4.28. The molecule has 0 aliphatic rings. The van der Waals surface area contributed by atoms with Gasteiger partial charge in [-0.05, 0) is 0 Å². The minimum absolute atomic E-state index is 0.416. The highest BCUT2D eigenvalue weighted by atomic mass is 16.5. The van der Waals surface area contributed by atoms with Crippen LogP contribution in [0.15, 0.2) is 12.4 Å². The summed E-state index contributed by atoms with van der Waals surface area (Å²) >= 11 is 0. The molecule has 0 aromatic carbocycles. The van der Waals surface area contributed by atoms with Crippen molar-refractivity contribution >= 4 is 5.82 Å². The number of likely N-dealkylation sites (N-methyl/N-ethyl adjacent to an activating group) is 1. The average molecular weight is 196 g/mol. The monoisotopic (exact) mass is 196 g/mol. The van der Waals surface area contributed by atoms with E-state index in [9.17, 15) is 0 Å². The third-order valence-corrected chi connectivity index (χ3v) is 1.90. The third-order valence-electron chi connectivity index (χ3n) is 1.90. The van der Waals surface area contributed by atoms with Gasteiger partial charge in [0.05, 0.1) is 18.5 Å². The van der Waals surface area contributed by atoms with Crippen LogP contribution in [0.2, 0.25) is 0 Å². The average Bonchev–Trinajstić information content (AvgIpc) is 2.26. The van der Waals surface area contributed by atoms with Crippen LogP contribution >= 0.6 is 0 Å². The second-order valence-electron chi connectivity index (χ2n) is 2.99. The zero-order chi connectivity index (χ0) is 10.4. The first kappa shape index (κ1) is 10.9. The Morgan fingerprint density at radius 3 is 2.93 bits per heavy atom. The van der Waals surface area contributed by atoms with Gasteiger partial charge in [0.15, 0.2) is 0 Å². The second-order valence-corrected chi connectivity index (χ2v) is 2.99. The lowest BCUT2D eigenvalue weighted by atomic mass is 10.4. The van der Waals surface area contributed by atoms with Crippen molar-refractivity contribution in [2.45, 2.75) is 6.54 Å². The number of rotatable bonds is 5. The molecule has 0 saturated carbocycles. The highest BCUT2D eigenvalue weighted by Crippen LogP contribution is 2.06. The molecule has 0 bridgehead atoms. The van der Waals surface area contributed by atoms with Crippen LogP contribution in [0.5, 0.6) is 0 Å². The van der Waals surface area contributed by atoms with Crippen LogP contribution in [0.3, 0.4) is 0 Å². The highest BCUT2D eigenvalue weighted by molar-refractivity contribution is 5.34. The van der Waals surface area contributed by atoms with E-state index in [4.69, 9.17) is 10.5 Å². The maximum atomic E-state index is 5.47. The number of methoxy groups -OCH3 is 1. The summed E-state index contributed by atoms with van der Waals surface area (Å²) in [6.07, 6.45) is 3.39. The molecule has 1 heterocycles. The molecular weight excluding hydrogens is 180 g/mol. The second kappa shape index (κ2) is 5.51. The molecule has 14 heavy (non-hydrogen) atoms. The normalized spacial score (nSPS) is 10.2. The van der Waals surface area contributed by atoms with Crippen molar-refractivity contribution in [3.63, 3.8) is 0 Å². The van der Waals surface area contributed by atoms with E-state index >= 15 is 0 Å². The van der Waals surface area contributed by atoms with Crippen molar-refractivity contribution in [2.24, 2.45) is 5.73 Å². The molecule has 78 valence electrons. The van der Waals surface area contributed by atoms with Gasteiger partial charge in [-0.25, -0.2) is 4.98 Å². The Bertz CT molecular complexity index is 279. The first-order valence-corrected chi connectivity index (χ1v) is 4.49. The van der Waals surface area contributed by atoms with Gasteiger partial charge < -0.3 is 15.4 Å². The molecule has 2 N–H and O–H groups in total. The summed E-state index contributed by atoms with van der Waals surface area (Å²) < 4.78 is 4.98. The summed E-state index contributed by atoms with van der Waals surface area (Å²) in [5.41, 5.74) is 6.27. The summed E-state index contributed by atoms with van der Waals surface area (Å²) in [6.45, 7) is 1.88. The molecule has 0 atom stereocenters. The van der Waals surface area contributed by atoms with Crippen molar-refractivity contribution in [3.8, 4) is 0 Å². The van der Waals surface area contributed by atoms with Crippen molar-refractivity contribution < 1.29 is 4.74 Å². The number of nitrogens with zero attached hydrogens (tertiary/aromatic N) is 3. The van der Waals surface area contributed by atoms with Gasteiger partial charge in [-0.15, -0.1) is 0 Å². The zero-order valence-corrected chi connectivity index (χ0v) is 8.60. The Morgan fingerprint density at radius 2 is 2.29 bits per heavy atom. The van der Waals surface area contributed by atoms with Gasteiger partial charge in [-0.1, -0.05) is 0 Å². The van der Waals surface area contributed by atoms with Gasteiger partial charge in [0.25, 0.3) is 0 Å². The summed E-state index contributed by atoms with van der Waals surface area (Å²) in [7, 11) is 3.62. The first-order chi connectivity index (χ1) is 6.77. The predicted octanol–water partition coefficient (Wildman–Crippen LogP) is 0.0179. The SMILES string of the molecule is COCCN(C)c1cncc(CN)n1. The van der Waals surface area contributed by atoms with Crippen LogP contribution < -0.4 is 10.6 Å². The number of hydrogen-bond acceptors (Lipinski definition) is 5. The van der Waals surface area contributed by atoms with Gasteiger partial charge in [0.2, 0.25) is 0 Å². The van der Waals surface area contributed by atoms with Gasteiger partial charge in [0, 0.05) is 33.4 Å². The van der Waals surface area contributed by atoms with Crippen LogP contribution in [0.1, 0.15) is 5.69 Å². The molecule has 0 fully saturated rings. The molecule has 0 saturated heterocycles. The number of anilines is 1. The first-order valence-electron chi connectivity index (χ1n) is 4.49. The molecule has 0 amide bonds. The van der Waals surface area contributed by atoms with Crippen molar-refractivity contribution in [2.75, 3.05) is 32.2 Å². The molecule has 0 aliphatic heterocycles. The van der Waals surface area contributed by atoms with Crippen LogP contribution in [0.25, 0.3) is 0 Å². The molecule has 0 radical (unpaired) electrons. The molecule has 1 aromatic heterocycles. The maximum Gasteiger partial charge on any atom is 0.147 e. The molecule has 0 aliphatic carbocycles. The molecule has 1 rings (SSSR count). The van der Waals surface area contributed by atoms with Gasteiger partial charge >= 0.3 is 0 Å². The molecule has 5 heteroatoms. The summed E-state index contributed by atoms with van der Waals surface area (Å²) in [5.74, 6) is 0.824. The number of aromatic nitrogens is 2. The Balaban J connectivity index is 2.64. The van der Waals surface area contributed by atoms with Crippen LogP contribution in [-0.2, 0) is 11.3 Å². The van der Waals surface area contributed by atoms with E-state index in [-0.39, 0.29) is 0 Å². The van der Waals surface area contributed by atoms with E-state index in [1.165, 1.54) is 0 Å². The summed E-state index contributed by atoms with van der Waals surface area (Å²) in [5, 5.41) is 0. The topological polar surface area (TPSA) is 64.3 Å². The van der Waals surface area contributed by atoms with Gasteiger partial charge in [-0.2, -0.15) is 0 Å². The van der Waals surface area contributed by atoms with E-state index in [1.54, 1.807) is 19.5 Å². The number of nitrogens with two attached hydrogens (primary N) is 1. The third kappa shape index (κ3) is 2.93. The van der Waals surface area contributed by atoms with Crippen LogP contribution in [0, 0.1) is 0 Å². The standard InChI is InChI=1S/C9H16N4O/c1-13(3-4-14-2)9-7-11-6-8(5-10)12-9/h6-7H,3-5,10H2,1-2H3. The van der Waals surface area contributed by atoms with Crippen LogP contribution in [-0.4, -0.2) is 37.3 Å². The molecule has 0 spiro atoms. The van der Waals surface area contributed by atoms with Crippen molar-refractivity contribution in [1.29, 1.82) is 0 Å². The smallest absolute Gasteiger partial charge is 0.147 e. The van der Waals surface area contributed by atoms with E-state index in [0.29, 0.717) is 13.2 Å². The quantitative estimate of drug-likeness (QED) is 0.719. The molecular formula is C9H16N4O. The van der Waals surface area contributed by atoms with E-state index in [1.807, 2.05) is 11.9 Å².